The second-order valence-corrected chi connectivity index (χ2v) is 5.39. The molecule has 1 N–H and O–H groups in total. The fourth-order valence-corrected chi connectivity index (χ4v) is 2.99. The fourth-order valence-electron chi connectivity index (χ4n) is 2.99. The van der Waals surface area contributed by atoms with E-state index in [0.29, 0.717) is 23.3 Å². The number of aromatic nitrogens is 1. The number of rotatable bonds is 4. The molecule has 124 valence electrons. The molecule has 0 atom stereocenters. The van der Waals surface area contributed by atoms with E-state index in [9.17, 15) is 9.90 Å². The number of phenolic OH excluding ortho intramolecular Hbond substituents is 1. The monoisotopic (exact) mass is 325 g/mol. The van der Waals surface area contributed by atoms with Crippen LogP contribution in [0.15, 0.2) is 42.5 Å². The Hall–Kier alpha value is -2.95. The number of esters is 1. The Morgan fingerprint density at radius 1 is 1.21 bits per heavy atom. The third kappa shape index (κ3) is 2.48. The first-order valence-electron chi connectivity index (χ1n) is 7.73. The Bertz CT molecular complexity index is 911. The summed E-state index contributed by atoms with van der Waals surface area (Å²) in [6.45, 7) is 3.91. The Kier molecular flexibility index (Phi) is 4.16. The zero-order chi connectivity index (χ0) is 17.3. The standard InChI is InChI=1S/C19H19NO4/c1-4-24-19(22)18-12(2)20(15-10-9-13(21)11-14(15)18)16-7-5-6-8-17(16)23-3/h5-11,21H,4H2,1-3H3. The maximum Gasteiger partial charge on any atom is 0.340 e. The highest BCUT2D eigenvalue weighted by Crippen LogP contribution is 2.35. The summed E-state index contributed by atoms with van der Waals surface area (Å²) in [7, 11) is 1.61. The summed E-state index contributed by atoms with van der Waals surface area (Å²) in [6.07, 6.45) is 0. The van der Waals surface area contributed by atoms with Crippen LogP contribution in [0, 0.1) is 6.92 Å². The molecule has 24 heavy (non-hydrogen) atoms. The summed E-state index contributed by atoms with van der Waals surface area (Å²) in [5.74, 6) is 0.394. The van der Waals surface area contributed by atoms with Crippen LogP contribution in [0.4, 0.5) is 0 Å². The largest absolute Gasteiger partial charge is 0.508 e. The lowest BCUT2D eigenvalue weighted by molar-refractivity contribution is 0.0527. The Labute approximate surface area is 140 Å². The van der Waals surface area contributed by atoms with Crippen LogP contribution in [0.1, 0.15) is 23.0 Å². The molecule has 3 rings (SSSR count). The molecule has 0 radical (unpaired) electrons. The number of ether oxygens (including phenoxy) is 2. The van der Waals surface area contributed by atoms with Crippen molar-refractivity contribution in [3.63, 3.8) is 0 Å². The van der Waals surface area contributed by atoms with E-state index in [1.807, 2.05) is 35.8 Å². The topological polar surface area (TPSA) is 60.7 Å². The van der Waals surface area contributed by atoms with Gasteiger partial charge in [0.25, 0.3) is 0 Å². The first kappa shape index (κ1) is 15.9. The SMILES string of the molecule is CCOC(=O)c1c(C)n(-c2ccccc2OC)c2ccc(O)cc12. The van der Waals surface area contributed by atoms with Gasteiger partial charge in [0.15, 0.2) is 0 Å². The molecular weight excluding hydrogens is 306 g/mol. The van der Waals surface area contributed by atoms with Crippen molar-refractivity contribution in [3.8, 4) is 17.2 Å². The zero-order valence-electron chi connectivity index (χ0n) is 13.9. The first-order chi connectivity index (χ1) is 11.6. The predicted molar refractivity (Wildman–Crippen MR) is 92.2 cm³/mol. The van der Waals surface area contributed by atoms with E-state index in [-0.39, 0.29) is 5.75 Å². The normalized spacial score (nSPS) is 10.8. The number of fused-ring (bicyclic) bond motifs is 1. The molecule has 1 heterocycles. The summed E-state index contributed by atoms with van der Waals surface area (Å²) >= 11 is 0. The molecule has 5 nitrogen and oxygen atoms in total. The van der Waals surface area contributed by atoms with E-state index in [1.54, 1.807) is 32.2 Å². The van der Waals surface area contributed by atoms with Gasteiger partial charge < -0.3 is 19.1 Å². The van der Waals surface area contributed by atoms with Crippen LogP contribution in [0.3, 0.4) is 0 Å². The van der Waals surface area contributed by atoms with E-state index in [1.165, 1.54) is 0 Å². The quantitative estimate of drug-likeness (QED) is 0.741. The minimum absolute atomic E-state index is 0.102. The van der Waals surface area contributed by atoms with E-state index in [2.05, 4.69) is 0 Å². The highest BCUT2D eigenvalue weighted by Gasteiger charge is 2.23. The highest BCUT2D eigenvalue weighted by molar-refractivity contribution is 6.07. The molecule has 0 saturated carbocycles. The van der Waals surface area contributed by atoms with Gasteiger partial charge in [0.2, 0.25) is 0 Å². The number of methoxy groups -OCH3 is 1. The molecule has 0 saturated heterocycles. The fraction of sp³-hybridized carbons (Fsp3) is 0.211. The summed E-state index contributed by atoms with van der Waals surface area (Å²) < 4.78 is 12.6. The third-order valence-corrected chi connectivity index (χ3v) is 3.99. The van der Waals surface area contributed by atoms with E-state index >= 15 is 0 Å². The Balaban J connectivity index is 2.37. The molecule has 0 spiro atoms. The molecule has 0 aliphatic rings. The van der Waals surface area contributed by atoms with Crippen molar-refractivity contribution in [2.24, 2.45) is 0 Å². The Morgan fingerprint density at radius 3 is 2.67 bits per heavy atom. The van der Waals surface area contributed by atoms with Crippen LogP contribution >= 0.6 is 0 Å². The minimum atomic E-state index is -0.403. The lowest BCUT2D eigenvalue weighted by Crippen LogP contribution is -2.07. The van der Waals surface area contributed by atoms with Gasteiger partial charge in [-0.1, -0.05) is 12.1 Å². The van der Waals surface area contributed by atoms with Crippen LogP contribution in [0.2, 0.25) is 0 Å². The molecule has 0 amide bonds. The van der Waals surface area contributed by atoms with Crippen LogP contribution < -0.4 is 4.74 Å². The number of carbonyl (C=O) groups excluding carboxylic acids is 1. The van der Waals surface area contributed by atoms with Gasteiger partial charge in [-0.3, -0.25) is 0 Å². The van der Waals surface area contributed by atoms with Gasteiger partial charge in [0, 0.05) is 11.1 Å². The molecule has 0 bridgehead atoms. The van der Waals surface area contributed by atoms with Gasteiger partial charge in [0.1, 0.15) is 11.5 Å². The molecule has 0 unspecified atom stereocenters. The number of hydrogen-bond acceptors (Lipinski definition) is 4. The first-order valence-corrected chi connectivity index (χ1v) is 7.73. The van der Waals surface area contributed by atoms with E-state index in [4.69, 9.17) is 9.47 Å². The average molecular weight is 325 g/mol. The number of carbonyl (C=O) groups is 1. The van der Waals surface area contributed by atoms with Crippen LogP contribution in [0.25, 0.3) is 16.6 Å². The smallest absolute Gasteiger partial charge is 0.340 e. The summed E-state index contributed by atoms with van der Waals surface area (Å²) in [5.41, 5.74) is 2.81. The minimum Gasteiger partial charge on any atom is -0.508 e. The molecule has 2 aromatic carbocycles. The Morgan fingerprint density at radius 2 is 1.96 bits per heavy atom. The summed E-state index contributed by atoms with van der Waals surface area (Å²) in [4.78, 5) is 12.4. The number of phenols is 1. The molecule has 0 fully saturated rings. The van der Waals surface area contributed by atoms with Gasteiger partial charge in [-0.15, -0.1) is 0 Å². The lowest BCUT2D eigenvalue weighted by Gasteiger charge is -2.13. The average Bonchev–Trinajstić information content (AvgIpc) is 2.86. The third-order valence-electron chi connectivity index (χ3n) is 3.99. The number of para-hydroxylation sites is 2. The molecular formula is C19H19NO4. The highest BCUT2D eigenvalue weighted by atomic mass is 16.5. The molecule has 0 aliphatic carbocycles. The number of nitrogens with zero attached hydrogens (tertiary/aromatic N) is 1. The summed E-state index contributed by atoms with van der Waals surface area (Å²) in [5, 5.41) is 10.5. The summed E-state index contributed by atoms with van der Waals surface area (Å²) in [6, 6.07) is 12.6. The van der Waals surface area contributed by atoms with Crippen molar-refractivity contribution in [1.29, 1.82) is 0 Å². The van der Waals surface area contributed by atoms with Crippen molar-refractivity contribution in [3.05, 3.63) is 53.7 Å². The van der Waals surface area contributed by atoms with Crippen molar-refractivity contribution >= 4 is 16.9 Å². The predicted octanol–water partition coefficient (Wildman–Crippen LogP) is 3.83. The van der Waals surface area contributed by atoms with Crippen molar-refractivity contribution in [2.45, 2.75) is 13.8 Å². The van der Waals surface area contributed by atoms with Gasteiger partial charge >= 0.3 is 5.97 Å². The molecule has 1 aromatic heterocycles. The van der Waals surface area contributed by atoms with E-state index < -0.39 is 5.97 Å². The van der Waals surface area contributed by atoms with Gasteiger partial charge in [0.05, 0.1) is 30.5 Å². The maximum absolute atomic E-state index is 12.4. The second-order valence-electron chi connectivity index (χ2n) is 5.39. The second kappa shape index (κ2) is 6.28. The van der Waals surface area contributed by atoms with Crippen molar-refractivity contribution < 1.29 is 19.4 Å². The van der Waals surface area contributed by atoms with E-state index in [0.717, 1.165) is 16.9 Å². The number of aromatic hydroxyl groups is 1. The number of hydrogen-bond donors (Lipinski definition) is 1. The van der Waals surface area contributed by atoms with Gasteiger partial charge in [-0.25, -0.2) is 4.79 Å². The van der Waals surface area contributed by atoms with Crippen LogP contribution in [0.5, 0.6) is 11.5 Å². The molecule has 0 aliphatic heterocycles. The van der Waals surface area contributed by atoms with Crippen LogP contribution in [-0.4, -0.2) is 29.4 Å². The van der Waals surface area contributed by atoms with Crippen molar-refractivity contribution in [1.82, 2.24) is 4.57 Å². The zero-order valence-corrected chi connectivity index (χ0v) is 13.9. The lowest BCUT2D eigenvalue weighted by atomic mass is 10.1. The molecule has 5 heteroatoms. The van der Waals surface area contributed by atoms with Crippen molar-refractivity contribution in [2.75, 3.05) is 13.7 Å². The number of benzene rings is 2. The van der Waals surface area contributed by atoms with Gasteiger partial charge in [-0.2, -0.15) is 0 Å². The van der Waals surface area contributed by atoms with Gasteiger partial charge in [-0.05, 0) is 44.2 Å². The van der Waals surface area contributed by atoms with Crippen LogP contribution in [-0.2, 0) is 4.74 Å². The molecule has 3 aromatic rings. The maximum atomic E-state index is 12.4.